The fourth-order valence-electron chi connectivity index (χ4n) is 4.82. The summed E-state index contributed by atoms with van der Waals surface area (Å²) >= 11 is 1.62. The highest BCUT2D eigenvalue weighted by Gasteiger charge is 2.29. The summed E-state index contributed by atoms with van der Waals surface area (Å²) in [5.74, 6) is 1.77. The molecular weight excluding hydrogens is 518 g/mol. The number of aryl methyl sites for hydroxylation is 1. The third-order valence-electron chi connectivity index (χ3n) is 6.59. The Bertz CT molecular complexity index is 1280. The van der Waals surface area contributed by atoms with Crippen LogP contribution in [0.4, 0.5) is 5.69 Å². The van der Waals surface area contributed by atoms with Crippen LogP contribution in [0.5, 0.6) is 17.2 Å². The van der Waals surface area contributed by atoms with Gasteiger partial charge in [-0.1, -0.05) is 12.1 Å². The second-order valence-electron chi connectivity index (χ2n) is 9.11. The Kier molecular flexibility index (Phi) is 10.7. The fraction of sp³-hybridized carbons (Fsp3) is 0.414. The van der Waals surface area contributed by atoms with Gasteiger partial charge in [0.2, 0.25) is 23.0 Å². The van der Waals surface area contributed by atoms with Crippen molar-refractivity contribution in [2.24, 2.45) is 0 Å². The van der Waals surface area contributed by atoms with Crippen LogP contribution in [-0.2, 0) is 16.0 Å². The highest BCUT2D eigenvalue weighted by Crippen LogP contribution is 2.50. The summed E-state index contributed by atoms with van der Waals surface area (Å²) in [6.45, 7) is 5.44. The van der Waals surface area contributed by atoms with Crippen molar-refractivity contribution < 1.29 is 23.8 Å². The first-order valence-electron chi connectivity index (χ1n) is 12.7. The summed E-state index contributed by atoms with van der Waals surface area (Å²) in [6, 6.07) is 5.94. The molecule has 0 bridgehead atoms. The molecule has 0 aromatic heterocycles. The van der Waals surface area contributed by atoms with Gasteiger partial charge in [0.1, 0.15) is 6.04 Å². The van der Waals surface area contributed by atoms with Gasteiger partial charge in [-0.15, -0.1) is 6.58 Å². The van der Waals surface area contributed by atoms with Crippen molar-refractivity contribution in [3.63, 3.8) is 0 Å². The van der Waals surface area contributed by atoms with Crippen molar-refractivity contribution in [2.75, 3.05) is 45.2 Å². The summed E-state index contributed by atoms with van der Waals surface area (Å²) in [7, 11) is 4.66. The largest absolute Gasteiger partial charge is 0.493 e. The van der Waals surface area contributed by atoms with Crippen LogP contribution in [0, 0.1) is 0 Å². The van der Waals surface area contributed by atoms with Crippen molar-refractivity contribution >= 4 is 29.3 Å². The number of ether oxygens (including phenoxy) is 3. The number of amides is 2. The first-order valence-corrected chi connectivity index (χ1v) is 14.1. The number of carbonyl (C=O) groups excluding carboxylic acids is 2. The van der Waals surface area contributed by atoms with Crippen LogP contribution in [0.3, 0.4) is 0 Å². The Morgan fingerprint density at radius 1 is 1.15 bits per heavy atom. The predicted octanol–water partition coefficient (Wildman–Crippen LogP) is 3.70. The number of rotatable bonds is 12. The number of benzene rings is 1. The molecule has 2 aromatic rings. The molecule has 10 heteroatoms. The lowest BCUT2D eigenvalue weighted by Gasteiger charge is -2.19. The van der Waals surface area contributed by atoms with Gasteiger partial charge in [-0.3, -0.25) is 14.4 Å². The molecule has 2 aromatic carbocycles. The Morgan fingerprint density at radius 3 is 2.51 bits per heavy atom. The Balaban J connectivity index is 2.23. The minimum absolute atomic E-state index is 0.202. The fourth-order valence-corrected chi connectivity index (χ4v) is 5.29. The van der Waals surface area contributed by atoms with E-state index >= 15 is 0 Å². The first-order chi connectivity index (χ1) is 18.8. The molecule has 2 atom stereocenters. The van der Waals surface area contributed by atoms with Gasteiger partial charge in [0.25, 0.3) is 0 Å². The molecule has 1 aliphatic rings. The van der Waals surface area contributed by atoms with Crippen molar-refractivity contribution in [3.05, 3.63) is 58.3 Å². The maximum atomic E-state index is 13.6. The van der Waals surface area contributed by atoms with E-state index in [0.29, 0.717) is 48.6 Å². The lowest BCUT2D eigenvalue weighted by molar-refractivity contribution is -0.122. The molecule has 0 saturated heterocycles. The summed E-state index contributed by atoms with van der Waals surface area (Å²) in [5, 5.41) is 8.98. The molecule has 0 saturated carbocycles. The van der Waals surface area contributed by atoms with Crippen LogP contribution < -0.4 is 35.6 Å². The number of nitrogens with one attached hydrogen (secondary N) is 3. The molecule has 0 spiro atoms. The van der Waals surface area contributed by atoms with Crippen molar-refractivity contribution in [1.82, 2.24) is 10.6 Å². The zero-order valence-electron chi connectivity index (χ0n) is 23.1. The maximum absolute atomic E-state index is 13.6. The summed E-state index contributed by atoms with van der Waals surface area (Å²) < 4.78 is 17.0. The van der Waals surface area contributed by atoms with E-state index in [2.05, 4.69) is 22.5 Å². The van der Waals surface area contributed by atoms with Crippen LogP contribution >= 0.6 is 11.8 Å². The van der Waals surface area contributed by atoms with Crippen LogP contribution in [0.2, 0.25) is 0 Å². The summed E-state index contributed by atoms with van der Waals surface area (Å²) in [6.07, 6.45) is 5.27. The standard InChI is InChI=1S/C29H37N3O6S/c1-7-13-30-29(35)23(12-14-39-6)32-22-11-9-19-20(16-24(22)34)21(31-17(2)33)10-8-18-15-25(36-3)27(37-4)28(38-5)26(18)19/h7,9,11,15-16,21,23H,1,8,10,12-14H2,2-6H3,(H,30,35)(H,31,33)(H,32,34)/t21-,23-/m0/s1. The SMILES string of the molecule is C=CCNC(=O)[C@H](CCSC)Nc1ccc2c(cc1=O)[C@@H](NC(C)=O)CCc1cc(OC)c(OC)c(OC)c1-2. The Morgan fingerprint density at radius 2 is 1.90 bits per heavy atom. The predicted molar refractivity (Wildman–Crippen MR) is 156 cm³/mol. The molecule has 0 fully saturated rings. The molecule has 210 valence electrons. The van der Waals surface area contributed by atoms with Crippen molar-refractivity contribution in [3.8, 4) is 28.4 Å². The highest BCUT2D eigenvalue weighted by molar-refractivity contribution is 7.98. The molecule has 39 heavy (non-hydrogen) atoms. The maximum Gasteiger partial charge on any atom is 0.242 e. The average Bonchev–Trinajstić information content (AvgIpc) is 3.16. The molecule has 0 unspecified atom stereocenters. The smallest absolute Gasteiger partial charge is 0.242 e. The molecular formula is C29H37N3O6S. The van der Waals surface area contributed by atoms with Gasteiger partial charge in [0.05, 0.1) is 33.1 Å². The number of fused-ring (bicyclic) bond motifs is 3. The highest BCUT2D eigenvalue weighted by atomic mass is 32.2. The number of methoxy groups -OCH3 is 3. The normalized spacial score (nSPS) is 14.5. The van der Waals surface area contributed by atoms with Gasteiger partial charge < -0.3 is 30.2 Å². The summed E-state index contributed by atoms with van der Waals surface area (Å²) in [5.41, 5.74) is 3.08. The first kappa shape index (κ1) is 29.9. The topological polar surface area (TPSA) is 115 Å². The average molecular weight is 556 g/mol. The molecule has 9 nitrogen and oxygen atoms in total. The third-order valence-corrected chi connectivity index (χ3v) is 7.24. The molecule has 1 aliphatic carbocycles. The van der Waals surface area contributed by atoms with Gasteiger partial charge in [0.15, 0.2) is 11.5 Å². The number of hydrogen-bond donors (Lipinski definition) is 3. The van der Waals surface area contributed by atoms with E-state index in [-0.39, 0.29) is 22.9 Å². The van der Waals surface area contributed by atoms with Gasteiger partial charge in [-0.05, 0) is 66.2 Å². The van der Waals surface area contributed by atoms with Gasteiger partial charge in [-0.25, -0.2) is 0 Å². The van der Waals surface area contributed by atoms with E-state index in [1.54, 1.807) is 45.2 Å². The van der Waals surface area contributed by atoms with E-state index in [1.807, 2.05) is 18.4 Å². The number of anilines is 1. The monoisotopic (exact) mass is 555 g/mol. The van der Waals surface area contributed by atoms with Crippen molar-refractivity contribution in [2.45, 2.75) is 38.3 Å². The molecule has 2 amide bonds. The van der Waals surface area contributed by atoms with E-state index in [9.17, 15) is 14.4 Å². The molecule has 0 radical (unpaired) electrons. The van der Waals surface area contributed by atoms with Gasteiger partial charge in [-0.2, -0.15) is 11.8 Å². The lowest BCUT2D eigenvalue weighted by Crippen LogP contribution is -2.41. The second kappa shape index (κ2) is 13.9. The van der Waals surface area contributed by atoms with Gasteiger partial charge in [0, 0.05) is 19.0 Å². The Labute approximate surface area is 233 Å². The molecule has 0 heterocycles. The molecule has 3 N–H and O–H groups in total. The zero-order valence-corrected chi connectivity index (χ0v) is 24.0. The Hall–Kier alpha value is -3.66. The van der Waals surface area contributed by atoms with E-state index in [4.69, 9.17) is 14.2 Å². The quantitative estimate of drug-likeness (QED) is 0.340. The van der Waals surface area contributed by atoms with Crippen LogP contribution in [0.25, 0.3) is 11.1 Å². The van der Waals surface area contributed by atoms with E-state index in [1.165, 1.54) is 13.0 Å². The second-order valence-corrected chi connectivity index (χ2v) is 10.1. The summed E-state index contributed by atoms with van der Waals surface area (Å²) in [4.78, 5) is 38.5. The minimum Gasteiger partial charge on any atom is -0.493 e. The molecule has 3 rings (SSSR count). The van der Waals surface area contributed by atoms with Crippen LogP contribution in [0.15, 0.2) is 41.7 Å². The third kappa shape index (κ3) is 6.86. The number of thioether (sulfide) groups is 1. The molecule has 0 aliphatic heterocycles. The lowest BCUT2D eigenvalue weighted by atomic mass is 9.95. The van der Waals surface area contributed by atoms with Crippen molar-refractivity contribution in [1.29, 1.82) is 0 Å². The minimum atomic E-state index is -0.607. The van der Waals surface area contributed by atoms with Crippen LogP contribution in [-0.4, -0.2) is 57.7 Å². The van der Waals surface area contributed by atoms with E-state index < -0.39 is 12.1 Å². The van der Waals surface area contributed by atoms with Gasteiger partial charge >= 0.3 is 0 Å². The number of carbonyl (C=O) groups is 2. The van der Waals surface area contributed by atoms with Crippen LogP contribution in [0.1, 0.15) is 36.9 Å². The van der Waals surface area contributed by atoms with E-state index in [0.717, 1.165) is 22.4 Å². The zero-order chi connectivity index (χ0) is 28.5. The number of hydrogen-bond acceptors (Lipinski definition) is 8.